The van der Waals surface area contributed by atoms with E-state index >= 15 is 0 Å². The molecule has 3 fully saturated rings. The van der Waals surface area contributed by atoms with Crippen molar-refractivity contribution in [2.24, 2.45) is 29.6 Å². The molecule has 2 bridgehead atoms. The highest BCUT2D eigenvalue weighted by atomic mass is 16.1. The summed E-state index contributed by atoms with van der Waals surface area (Å²) in [5.41, 5.74) is 1.37. The smallest absolute Gasteiger partial charge is 0.136 e. The summed E-state index contributed by atoms with van der Waals surface area (Å²) in [6.07, 6.45) is 7.18. The van der Waals surface area contributed by atoms with Crippen molar-refractivity contribution in [3.63, 3.8) is 0 Å². The summed E-state index contributed by atoms with van der Waals surface area (Å²) in [6, 6.07) is 10.5. The fourth-order valence-corrected chi connectivity index (χ4v) is 5.03. The van der Waals surface area contributed by atoms with E-state index in [1.807, 2.05) is 0 Å². The van der Waals surface area contributed by atoms with Crippen molar-refractivity contribution in [3.05, 3.63) is 35.9 Å². The summed E-state index contributed by atoms with van der Waals surface area (Å²) >= 11 is 0. The van der Waals surface area contributed by atoms with Crippen LogP contribution < -0.4 is 0 Å². The normalized spacial score (nSPS) is 38.2. The van der Waals surface area contributed by atoms with Crippen molar-refractivity contribution >= 4 is 5.78 Å². The third-order valence-electron chi connectivity index (χ3n) is 5.84. The van der Waals surface area contributed by atoms with Crippen LogP contribution >= 0.6 is 0 Å². The van der Waals surface area contributed by atoms with Crippen LogP contribution in [0, 0.1) is 29.6 Å². The molecule has 3 aliphatic carbocycles. The molecule has 100 valence electrons. The highest BCUT2D eigenvalue weighted by Crippen LogP contribution is 2.69. The van der Waals surface area contributed by atoms with E-state index in [1.165, 1.54) is 24.8 Å². The molecule has 0 aromatic heterocycles. The lowest BCUT2D eigenvalue weighted by atomic mass is 9.97. The zero-order valence-electron chi connectivity index (χ0n) is 11.4. The standard InChI is InChI=1S/C18H22O/c19-15(8-4-7-12-5-2-1-3-6-12)18-16-13-9-10-14(11-13)17(16)18/h1-3,5-6,13-14,16-18H,4,7-11H2. The molecule has 1 aromatic rings. The Hall–Kier alpha value is -1.11. The number of benzene rings is 1. The molecule has 1 aromatic carbocycles. The van der Waals surface area contributed by atoms with Gasteiger partial charge in [-0.05, 0) is 61.3 Å². The van der Waals surface area contributed by atoms with Crippen molar-refractivity contribution in [1.82, 2.24) is 0 Å². The van der Waals surface area contributed by atoms with Gasteiger partial charge in [-0.3, -0.25) is 4.79 Å². The third kappa shape index (κ3) is 1.94. The Morgan fingerprint density at radius 1 is 1.05 bits per heavy atom. The van der Waals surface area contributed by atoms with Crippen LogP contribution in [0.4, 0.5) is 0 Å². The maximum atomic E-state index is 12.3. The van der Waals surface area contributed by atoms with Gasteiger partial charge in [-0.15, -0.1) is 0 Å². The second-order valence-electron chi connectivity index (χ2n) is 6.82. The Bertz CT molecular complexity index is 462. The van der Waals surface area contributed by atoms with Crippen LogP contribution in [0.25, 0.3) is 0 Å². The molecule has 1 heteroatoms. The molecule has 0 heterocycles. The average Bonchev–Trinajstić information content (AvgIpc) is 2.89. The van der Waals surface area contributed by atoms with Gasteiger partial charge in [0, 0.05) is 12.3 Å². The molecule has 0 radical (unpaired) electrons. The molecule has 4 rings (SSSR count). The fraction of sp³-hybridized carbons (Fsp3) is 0.611. The van der Waals surface area contributed by atoms with Crippen LogP contribution in [-0.2, 0) is 11.2 Å². The van der Waals surface area contributed by atoms with Crippen LogP contribution in [0.15, 0.2) is 30.3 Å². The molecule has 0 spiro atoms. The number of hydrogen-bond donors (Lipinski definition) is 0. The van der Waals surface area contributed by atoms with Crippen LogP contribution in [0.3, 0.4) is 0 Å². The van der Waals surface area contributed by atoms with Gasteiger partial charge < -0.3 is 0 Å². The second-order valence-corrected chi connectivity index (χ2v) is 6.82. The highest BCUT2D eigenvalue weighted by molar-refractivity contribution is 5.84. The van der Waals surface area contributed by atoms with Gasteiger partial charge in [-0.25, -0.2) is 0 Å². The molecule has 3 aliphatic rings. The Balaban J connectivity index is 1.27. The lowest BCUT2D eigenvalue weighted by molar-refractivity contribution is -0.121. The summed E-state index contributed by atoms with van der Waals surface area (Å²) < 4.78 is 0. The monoisotopic (exact) mass is 254 g/mol. The summed E-state index contributed by atoms with van der Waals surface area (Å²) in [7, 11) is 0. The molecule has 1 nitrogen and oxygen atoms in total. The van der Waals surface area contributed by atoms with E-state index in [4.69, 9.17) is 0 Å². The van der Waals surface area contributed by atoms with Gasteiger partial charge >= 0.3 is 0 Å². The zero-order chi connectivity index (χ0) is 12.8. The molecular formula is C18H22O. The molecule has 0 aliphatic heterocycles. The van der Waals surface area contributed by atoms with Gasteiger partial charge in [0.1, 0.15) is 5.78 Å². The molecular weight excluding hydrogens is 232 g/mol. The topological polar surface area (TPSA) is 17.1 Å². The largest absolute Gasteiger partial charge is 0.299 e. The van der Waals surface area contributed by atoms with E-state index in [2.05, 4.69) is 30.3 Å². The lowest BCUT2D eigenvalue weighted by Crippen LogP contribution is -2.09. The molecule has 0 saturated heterocycles. The van der Waals surface area contributed by atoms with E-state index in [1.54, 1.807) is 0 Å². The highest BCUT2D eigenvalue weighted by Gasteiger charge is 2.66. The van der Waals surface area contributed by atoms with Gasteiger partial charge in [0.2, 0.25) is 0 Å². The van der Waals surface area contributed by atoms with Crippen molar-refractivity contribution in [2.45, 2.75) is 38.5 Å². The first-order valence-electron chi connectivity index (χ1n) is 7.91. The number of aryl methyl sites for hydroxylation is 1. The molecule has 19 heavy (non-hydrogen) atoms. The van der Waals surface area contributed by atoms with Gasteiger partial charge in [-0.2, -0.15) is 0 Å². The summed E-state index contributed by atoms with van der Waals surface area (Å²) in [5.74, 6) is 4.58. The van der Waals surface area contributed by atoms with E-state index in [9.17, 15) is 4.79 Å². The zero-order valence-corrected chi connectivity index (χ0v) is 11.4. The number of carbonyl (C=O) groups is 1. The number of ketones is 1. The number of fused-ring (bicyclic) bond motifs is 5. The number of carbonyl (C=O) groups excluding carboxylic acids is 1. The minimum atomic E-state index is 0.488. The van der Waals surface area contributed by atoms with Crippen LogP contribution in [-0.4, -0.2) is 5.78 Å². The fourth-order valence-electron chi connectivity index (χ4n) is 5.03. The summed E-state index contributed by atoms with van der Waals surface area (Å²) in [6.45, 7) is 0. The lowest BCUT2D eigenvalue weighted by Gasteiger charge is -2.07. The van der Waals surface area contributed by atoms with Crippen molar-refractivity contribution in [2.75, 3.05) is 0 Å². The SMILES string of the molecule is O=C(CCCc1ccccc1)C1C2C3CCC(C3)C12. The van der Waals surface area contributed by atoms with Crippen molar-refractivity contribution < 1.29 is 4.79 Å². The number of Topliss-reactive ketones (excluding diaryl/α,β-unsaturated/α-hetero) is 1. The first-order valence-corrected chi connectivity index (χ1v) is 7.91. The van der Waals surface area contributed by atoms with E-state index in [0.717, 1.165) is 42.9 Å². The van der Waals surface area contributed by atoms with Crippen molar-refractivity contribution in [3.8, 4) is 0 Å². The maximum absolute atomic E-state index is 12.3. The van der Waals surface area contributed by atoms with E-state index in [-0.39, 0.29) is 0 Å². The summed E-state index contributed by atoms with van der Waals surface area (Å²) in [4.78, 5) is 12.3. The van der Waals surface area contributed by atoms with Gasteiger partial charge in [0.25, 0.3) is 0 Å². The maximum Gasteiger partial charge on any atom is 0.136 e. The average molecular weight is 254 g/mol. The van der Waals surface area contributed by atoms with Gasteiger partial charge in [0.15, 0.2) is 0 Å². The third-order valence-corrected chi connectivity index (χ3v) is 5.84. The van der Waals surface area contributed by atoms with E-state index in [0.29, 0.717) is 11.7 Å². The minimum absolute atomic E-state index is 0.488. The van der Waals surface area contributed by atoms with Crippen LogP contribution in [0.1, 0.15) is 37.7 Å². The molecule has 4 unspecified atom stereocenters. The first-order chi connectivity index (χ1) is 9.34. The number of rotatable bonds is 5. The molecule has 0 N–H and O–H groups in total. The molecule has 4 atom stereocenters. The molecule has 3 saturated carbocycles. The molecule has 0 amide bonds. The minimum Gasteiger partial charge on any atom is -0.299 e. The Kier molecular flexibility index (Phi) is 2.75. The second kappa shape index (κ2) is 4.47. The first kappa shape index (κ1) is 11.7. The Morgan fingerprint density at radius 3 is 2.42 bits per heavy atom. The van der Waals surface area contributed by atoms with Crippen molar-refractivity contribution in [1.29, 1.82) is 0 Å². The summed E-state index contributed by atoms with van der Waals surface area (Å²) in [5, 5.41) is 0. The predicted octanol–water partition coefficient (Wildman–Crippen LogP) is 3.87. The van der Waals surface area contributed by atoms with Gasteiger partial charge in [0.05, 0.1) is 0 Å². The quantitative estimate of drug-likeness (QED) is 0.779. The van der Waals surface area contributed by atoms with Crippen LogP contribution in [0.2, 0.25) is 0 Å². The predicted molar refractivity (Wildman–Crippen MR) is 75.7 cm³/mol. The van der Waals surface area contributed by atoms with E-state index < -0.39 is 0 Å². The Morgan fingerprint density at radius 2 is 1.74 bits per heavy atom. The van der Waals surface area contributed by atoms with Crippen LogP contribution in [0.5, 0.6) is 0 Å². The Labute approximate surface area is 115 Å². The number of hydrogen-bond acceptors (Lipinski definition) is 1. The van der Waals surface area contributed by atoms with Gasteiger partial charge in [-0.1, -0.05) is 30.3 Å².